The van der Waals surface area contributed by atoms with Crippen LogP contribution in [-0.4, -0.2) is 43.8 Å². The van der Waals surface area contributed by atoms with Gasteiger partial charge in [-0.3, -0.25) is 14.7 Å². The number of allylic oxidation sites excluding steroid dienone is 3. The van der Waals surface area contributed by atoms with E-state index in [1.165, 1.54) is 19.1 Å². The van der Waals surface area contributed by atoms with E-state index < -0.39 is 42.1 Å². The Morgan fingerprint density at radius 2 is 2.05 bits per heavy atom. The lowest BCUT2D eigenvalue weighted by Gasteiger charge is -2.36. The van der Waals surface area contributed by atoms with Gasteiger partial charge >= 0.3 is 12.1 Å². The Balaban J connectivity index is 1.77. The molecule has 38 heavy (non-hydrogen) atoms. The molecule has 2 aliphatic carbocycles. The minimum atomic E-state index is -4.71. The number of amidine groups is 1. The average molecular weight is 535 g/mol. The molecule has 6 nitrogen and oxygen atoms in total. The second kappa shape index (κ2) is 9.55. The number of carbonyl (C=O) groups is 1. The molecule has 0 radical (unpaired) electrons. The third-order valence-electron chi connectivity index (χ3n) is 7.65. The molecule has 2 aliphatic heterocycles. The Bertz CT molecular complexity index is 1300. The monoisotopic (exact) mass is 534 g/mol. The highest BCUT2D eigenvalue weighted by Crippen LogP contribution is 2.59. The van der Waals surface area contributed by atoms with Gasteiger partial charge in [0, 0.05) is 18.4 Å². The number of halogens is 4. The van der Waals surface area contributed by atoms with Gasteiger partial charge in [0.2, 0.25) is 0 Å². The summed E-state index contributed by atoms with van der Waals surface area (Å²) >= 11 is 0. The zero-order chi connectivity index (χ0) is 27.4. The van der Waals surface area contributed by atoms with Crippen molar-refractivity contribution in [2.45, 2.75) is 64.6 Å². The van der Waals surface area contributed by atoms with E-state index in [4.69, 9.17) is 14.2 Å². The number of hydrogen-bond acceptors (Lipinski definition) is 6. The fourth-order valence-electron chi connectivity index (χ4n) is 5.78. The van der Waals surface area contributed by atoms with Crippen molar-refractivity contribution in [3.8, 4) is 0 Å². The summed E-state index contributed by atoms with van der Waals surface area (Å²) in [6.07, 6.45) is -2.18. The molecule has 3 unspecified atom stereocenters. The zero-order valence-corrected chi connectivity index (χ0v) is 21.7. The number of ether oxygens (including phenoxy) is 3. The molecule has 4 aliphatic rings. The summed E-state index contributed by atoms with van der Waals surface area (Å²) in [6.45, 7) is 4.09. The first-order chi connectivity index (χ1) is 18.1. The quantitative estimate of drug-likeness (QED) is 0.330. The number of aliphatic imine (C=N–C) groups is 1. The van der Waals surface area contributed by atoms with Crippen LogP contribution in [0.25, 0.3) is 0 Å². The van der Waals surface area contributed by atoms with Crippen molar-refractivity contribution in [2.75, 3.05) is 25.2 Å². The topological polar surface area (TPSA) is 60.4 Å². The first kappa shape index (κ1) is 26.5. The van der Waals surface area contributed by atoms with Crippen molar-refractivity contribution in [1.82, 2.24) is 0 Å². The van der Waals surface area contributed by atoms with Gasteiger partial charge in [-0.15, -0.1) is 0 Å². The first-order valence-corrected chi connectivity index (χ1v) is 12.7. The van der Waals surface area contributed by atoms with E-state index in [1.54, 1.807) is 20.1 Å². The van der Waals surface area contributed by atoms with Gasteiger partial charge in [-0.05, 0) is 61.6 Å². The fourth-order valence-corrected chi connectivity index (χ4v) is 5.78. The van der Waals surface area contributed by atoms with Crippen molar-refractivity contribution in [3.63, 3.8) is 0 Å². The average Bonchev–Trinajstić information content (AvgIpc) is 3.63. The van der Waals surface area contributed by atoms with Gasteiger partial charge in [-0.25, -0.2) is 4.39 Å². The number of alkyl halides is 4. The Morgan fingerprint density at radius 1 is 1.29 bits per heavy atom. The minimum absolute atomic E-state index is 0.0234. The van der Waals surface area contributed by atoms with Gasteiger partial charge in [0.25, 0.3) is 0 Å². The first-order valence-electron chi connectivity index (χ1n) is 12.7. The maximum absolute atomic E-state index is 14.6. The van der Waals surface area contributed by atoms with E-state index in [2.05, 4.69) is 4.99 Å². The Morgan fingerprint density at radius 3 is 2.71 bits per heavy atom. The molecule has 10 heteroatoms. The molecule has 1 fully saturated rings. The number of nitrogens with zero attached hydrogens (tertiary/aromatic N) is 2. The van der Waals surface area contributed by atoms with Crippen LogP contribution in [-0.2, 0) is 25.7 Å². The second-order valence-electron chi connectivity index (χ2n) is 9.98. The molecule has 2 heterocycles. The summed E-state index contributed by atoms with van der Waals surface area (Å²) in [5.41, 5.74) is 0.133. The van der Waals surface area contributed by atoms with E-state index in [0.717, 1.165) is 16.2 Å². The zero-order valence-electron chi connectivity index (χ0n) is 21.7. The highest BCUT2D eigenvalue weighted by atomic mass is 19.4. The van der Waals surface area contributed by atoms with Gasteiger partial charge in [0.05, 0.1) is 37.6 Å². The lowest BCUT2D eigenvalue weighted by molar-refractivity contribution is -0.146. The highest BCUT2D eigenvalue weighted by Gasteiger charge is 2.69. The molecule has 0 N–H and O–H groups in total. The second-order valence-corrected chi connectivity index (χ2v) is 9.98. The number of rotatable bonds is 5. The number of esters is 1. The van der Waals surface area contributed by atoms with E-state index in [0.29, 0.717) is 29.5 Å². The van der Waals surface area contributed by atoms with Crippen molar-refractivity contribution >= 4 is 17.5 Å². The molecule has 0 amide bonds. The summed E-state index contributed by atoms with van der Waals surface area (Å²) < 4.78 is 75.3. The third kappa shape index (κ3) is 4.13. The molecule has 1 spiro atoms. The number of carbonyl (C=O) groups excluding carboxylic acids is 1. The molecule has 0 saturated heterocycles. The van der Waals surface area contributed by atoms with E-state index in [9.17, 15) is 22.4 Å². The van der Waals surface area contributed by atoms with Crippen LogP contribution < -0.4 is 4.90 Å². The number of anilines is 1. The summed E-state index contributed by atoms with van der Waals surface area (Å²) in [6, 6.07) is 4.50. The number of hydrogen-bond donors (Lipinski definition) is 0. The Hall–Kier alpha value is -3.14. The van der Waals surface area contributed by atoms with Crippen LogP contribution >= 0.6 is 0 Å². The normalized spacial score (nSPS) is 26.9. The van der Waals surface area contributed by atoms with Crippen LogP contribution in [0.5, 0.6) is 0 Å². The Kier molecular flexibility index (Phi) is 6.65. The minimum Gasteiger partial charge on any atom is -0.501 e. The maximum atomic E-state index is 14.6. The lowest BCUT2D eigenvalue weighted by atomic mass is 9.88. The van der Waals surface area contributed by atoms with Gasteiger partial charge in [0.1, 0.15) is 29.9 Å². The van der Waals surface area contributed by atoms with Crippen LogP contribution in [0.4, 0.5) is 23.2 Å². The van der Waals surface area contributed by atoms with Crippen LogP contribution in [0.2, 0.25) is 0 Å². The van der Waals surface area contributed by atoms with Crippen LogP contribution in [0.3, 0.4) is 0 Å². The number of fused-ring (bicyclic) bond motifs is 4. The van der Waals surface area contributed by atoms with Crippen molar-refractivity contribution < 1.29 is 36.6 Å². The summed E-state index contributed by atoms with van der Waals surface area (Å²) in [4.78, 5) is 18.6. The molecule has 204 valence electrons. The molecular weight excluding hydrogens is 504 g/mol. The SMILES string of the molecule is CCOC(=O)C1CC12OC(C1=CCCC(OC)=C1C)c1cc(CF)ccc1N1C2=NCC(C)=C1C(F)(F)F. The van der Waals surface area contributed by atoms with Gasteiger partial charge in [-0.1, -0.05) is 12.1 Å². The summed E-state index contributed by atoms with van der Waals surface area (Å²) in [5, 5.41) is 0. The van der Waals surface area contributed by atoms with Crippen molar-refractivity contribution in [2.24, 2.45) is 10.9 Å². The molecule has 0 bridgehead atoms. The predicted octanol–water partition coefficient (Wildman–Crippen LogP) is 6.24. The molecule has 5 rings (SSSR count). The largest absolute Gasteiger partial charge is 0.501 e. The van der Waals surface area contributed by atoms with Crippen molar-refractivity contribution in [1.29, 1.82) is 0 Å². The van der Waals surface area contributed by atoms with E-state index in [1.807, 2.05) is 13.0 Å². The fraction of sp³-hybridized carbons (Fsp3) is 0.500. The van der Waals surface area contributed by atoms with Crippen molar-refractivity contribution in [3.05, 3.63) is 63.6 Å². The van der Waals surface area contributed by atoms with E-state index in [-0.39, 0.29) is 36.7 Å². The molecular formula is C28H30F4N2O4. The summed E-state index contributed by atoms with van der Waals surface area (Å²) in [5.74, 6) is -0.613. The number of benzene rings is 1. The van der Waals surface area contributed by atoms with Gasteiger partial charge in [-0.2, -0.15) is 13.2 Å². The number of methoxy groups -OCH3 is 1. The molecule has 1 saturated carbocycles. The lowest BCUT2D eigenvalue weighted by Crippen LogP contribution is -2.48. The van der Waals surface area contributed by atoms with Crippen LogP contribution in [0, 0.1) is 5.92 Å². The predicted molar refractivity (Wildman–Crippen MR) is 133 cm³/mol. The van der Waals surface area contributed by atoms with Gasteiger partial charge in [0.15, 0.2) is 0 Å². The molecule has 3 atom stereocenters. The van der Waals surface area contributed by atoms with E-state index >= 15 is 0 Å². The molecule has 1 aromatic carbocycles. The molecule has 1 aromatic rings. The van der Waals surface area contributed by atoms with Crippen LogP contribution in [0.15, 0.2) is 57.4 Å². The maximum Gasteiger partial charge on any atom is 0.431 e. The Labute approximate surface area is 218 Å². The van der Waals surface area contributed by atoms with Gasteiger partial charge < -0.3 is 14.2 Å². The molecule has 0 aromatic heterocycles. The third-order valence-corrected chi connectivity index (χ3v) is 7.65. The smallest absolute Gasteiger partial charge is 0.431 e. The van der Waals surface area contributed by atoms with Crippen LogP contribution in [0.1, 0.15) is 57.3 Å². The standard InChI is InChI=1S/C28H30F4N2O4/c1-5-37-25(35)20-12-27(20)26-33-14-15(2)24(28(30,31)32)34(26)21-10-9-17(13-29)11-19(21)23(38-27)18-7-6-8-22(36-4)16(18)3/h7,9-11,20,23H,5-6,8,12-14H2,1-4H3. The highest BCUT2D eigenvalue weighted by molar-refractivity contribution is 6.13. The summed E-state index contributed by atoms with van der Waals surface area (Å²) in [7, 11) is 1.57.